The van der Waals surface area contributed by atoms with Crippen molar-refractivity contribution in [1.82, 2.24) is 0 Å². The Morgan fingerprint density at radius 1 is 1.33 bits per heavy atom. The maximum absolute atomic E-state index is 7.88. The minimum atomic E-state index is 0.319. The molecule has 0 amide bonds. The van der Waals surface area contributed by atoms with Crippen LogP contribution in [0.4, 0.5) is 0 Å². The van der Waals surface area contributed by atoms with Crippen molar-refractivity contribution in [3.63, 3.8) is 0 Å². The number of hydrogen-bond acceptors (Lipinski definition) is 1. The first kappa shape index (κ1) is 8.44. The summed E-state index contributed by atoms with van der Waals surface area (Å²) < 4.78 is 0. The Morgan fingerprint density at radius 3 is 1.89 bits per heavy atom. The molecule has 1 aliphatic carbocycles. The molecule has 0 saturated heterocycles. The van der Waals surface area contributed by atoms with Gasteiger partial charge >= 0.3 is 0 Å². The standard InChI is InChI=1S/C5H6.C3H8O/c1-2-4-5-3-1;1-2-3-4/h1-4H,5H2;4H,2-3H2,1H3. The number of aliphatic hydroxyl groups is 1. The molecular formula is C8H14O. The Morgan fingerprint density at radius 2 is 1.78 bits per heavy atom. The molecular weight excluding hydrogens is 112 g/mol. The molecule has 0 radical (unpaired) electrons. The Kier molecular flexibility index (Phi) is 6.98. The van der Waals surface area contributed by atoms with Crippen LogP contribution >= 0.6 is 0 Å². The highest BCUT2D eigenvalue weighted by molar-refractivity contribution is 5.11. The van der Waals surface area contributed by atoms with Gasteiger partial charge in [-0.3, -0.25) is 0 Å². The van der Waals surface area contributed by atoms with Gasteiger partial charge in [0.05, 0.1) is 0 Å². The Labute approximate surface area is 56.7 Å². The van der Waals surface area contributed by atoms with E-state index in [-0.39, 0.29) is 0 Å². The van der Waals surface area contributed by atoms with E-state index in [4.69, 9.17) is 5.11 Å². The maximum Gasteiger partial charge on any atom is 0.0428 e. The summed E-state index contributed by atoms with van der Waals surface area (Å²) >= 11 is 0. The summed E-state index contributed by atoms with van der Waals surface area (Å²) in [6.07, 6.45) is 10.4. The zero-order valence-electron chi connectivity index (χ0n) is 5.88. The van der Waals surface area contributed by atoms with Crippen LogP contribution in [-0.2, 0) is 0 Å². The molecule has 1 aliphatic rings. The monoisotopic (exact) mass is 126 g/mol. The summed E-state index contributed by atoms with van der Waals surface area (Å²) in [7, 11) is 0. The normalized spacial score (nSPS) is 13.1. The van der Waals surface area contributed by atoms with Gasteiger partial charge < -0.3 is 5.11 Å². The fraction of sp³-hybridized carbons (Fsp3) is 0.500. The van der Waals surface area contributed by atoms with Gasteiger partial charge in [-0.1, -0.05) is 31.2 Å². The average molecular weight is 126 g/mol. The van der Waals surface area contributed by atoms with Crippen molar-refractivity contribution in [1.29, 1.82) is 0 Å². The Balaban J connectivity index is 0.000000148. The molecule has 0 fully saturated rings. The predicted octanol–water partition coefficient (Wildman–Crippen LogP) is 1.89. The van der Waals surface area contributed by atoms with Crippen LogP contribution in [0.2, 0.25) is 0 Å². The van der Waals surface area contributed by atoms with E-state index in [0.29, 0.717) is 6.61 Å². The highest BCUT2D eigenvalue weighted by Crippen LogP contribution is 1.93. The largest absolute Gasteiger partial charge is 0.396 e. The molecule has 1 rings (SSSR count). The molecule has 0 aliphatic heterocycles. The third kappa shape index (κ3) is 7.44. The van der Waals surface area contributed by atoms with Crippen LogP contribution in [-0.4, -0.2) is 11.7 Å². The van der Waals surface area contributed by atoms with E-state index < -0.39 is 0 Å². The zero-order valence-corrected chi connectivity index (χ0v) is 5.88. The van der Waals surface area contributed by atoms with E-state index in [1.54, 1.807) is 0 Å². The van der Waals surface area contributed by atoms with Crippen LogP contribution in [0.15, 0.2) is 24.3 Å². The number of aliphatic hydroxyl groups excluding tert-OH is 1. The second-order valence-electron chi connectivity index (χ2n) is 1.82. The van der Waals surface area contributed by atoms with Crippen LogP contribution < -0.4 is 0 Å². The molecule has 0 aromatic carbocycles. The van der Waals surface area contributed by atoms with E-state index in [0.717, 1.165) is 12.8 Å². The second-order valence-corrected chi connectivity index (χ2v) is 1.82. The Hall–Kier alpha value is -0.560. The molecule has 0 spiro atoms. The topological polar surface area (TPSA) is 20.2 Å². The van der Waals surface area contributed by atoms with Crippen LogP contribution in [0.25, 0.3) is 0 Å². The van der Waals surface area contributed by atoms with Crippen molar-refractivity contribution in [2.24, 2.45) is 0 Å². The SMILES string of the molecule is C1=CCC=C1.CCCO. The lowest BCUT2D eigenvalue weighted by Gasteiger charge is -1.69. The molecule has 1 N–H and O–H groups in total. The van der Waals surface area contributed by atoms with Gasteiger partial charge in [0.25, 0.3) is 0 Å². The smallest absolute Gasteiger partial charge is 0.0428 e. The van der Waals surface area contributed by atoms with Crippen molar-refractivity contribution < 1.29 is 5.11 Å². The minimum Gasteiger partial charge on any atom is -0.396 e. The quantitative estimate of drug-likeness (QED) is 0.569. The van der Waals surface area contributed by atoms with Gasteiger partial charge in [0, 0.05) is 6.61 Å². The molecule has 1 nitrogen and oxygen atoms in total. The lowest BCUT2D eigenvalue weighted by Crippen LogP contribution is -1.69. The van der Waals surface area contributed by atoms with Crippen molar-refractivity contribution >= 4 is 0 Å². The third-order valence-electron chi connectivity index (χ3n) is 0.879. The summed E-state index contributed by atoms with van der Waals surface area (Å²) in [5.41, 5.74) is 0. The molecule has 0 bridgehead atoms. The first-order valence-corrected chi connectivity index (χ1v) is 3.34. The van der Waals surface area contributed by atoms with Crippen molar-refractivity contribution in [3.8, 4) is 0 Å². The van der Waals surface area contributed by atoms with Crippen LogP contribution in [0, 0.1) is 0 Å². The molecule has 1 heteroatoms. The molecule has 0 aromatic rings. The lowest BCUT2D eigenvalue weighted by atomic mass is 10.5. The van der Waals surface area contributed by atoms with Gasteiger partial charge in [-0.15, -0.1) is 0 Å². The van der Waals surface area contributed by atoms with E-state index >= 15 is 0 Å². The summed E-state index contributed by atoms with van der Waals surface area (Å²) in [6, 6.07) is 0. The molecule has 52 valence electrons. The average Bonchev–Trinajstić information content (AvgIpc) is 2.43. The van der Waals surface area contributed by atoms with Gasteiger partial charge in [0.15, 0.2) is 0 Å². The first-order chi connectivity index (χ1) is 4.41. The van der Waals surface area contributed by atoms with E-state index in [1.807, 2.05) is 6.92 Å². The van der Waals surface area contributed by atoms with Crippen molar-refractivity contribution in [2.45, 2.75) is 19.8 Å². The first-order valence-electron chi connectivity index (χ1n) is 3.34. The van der Waals surface area contributed by atoms with Crippen LogP contribution in [0.5, 0.6) is 0 Å². The van der Waals surface area contributed by atoms with Crippen molar-refractivity contribution in [3.05, 3.63) is 24.3 Å². The minimum absolute atomic E-state index is 0.319. The van der Waals surface area contributed by atoms with E-state index in [1.165, 1.54) is 0 Å². The van der Waals surface area contributed by atoms with Crippen LogP contribution in [0.3, 0.4) is 0 Å². The summed E-state index contributed by atoms with van der Waals surface area (Å²) in [5.74, 6) is 0. The molecule has 0 saturated carbocycles. The van der Waals surface area contributed by atoms with Gasteiger partial charge in [-0.2, -0.15) is 0 Å². The van der Waals surface area contributed by atoms with Gasteiger partial charge in [0.1, 0.15) is 0 Å². The number of rotatable bonds is 1. The maximum atomic E-state index is 7.88. The number of hydrogen-bond donors (Lipinski definition) is 1. The summed E-state index contributed by atoms with van der Waals surface area (Å²) in [4.78, 5) is 0. The molecule has 0 atom stereocenters. The van der Waals surface area contributed by atoms with Crippen molar-refractivity contribution in [2.75, 3.05) is 6.61 Å². The molecule has 0 unspecified atom stereocenters. The molecule has 0 aromatic heterocycles. The van der Waals surface area contributed by atoms with E-state index in [9.17, 15) is 0 Å². The lowest BCUT2D eigenvalue weighted by molar-refractivity contribution is 0.295. The highest BCUT2D eigenvalue weighted by atomic mass is 16.2. The van der Waals surface area contributed by atoms with Gasteiger partial charge in [-0.05, 0) is 12.8 Å². The molecule has 9 heavy (non-hydrogen) atoms. The highest BCUT2D eigenvalue weighted by Gasteiger charge is 1.72. The predicted molar refractivity (Wildman–Crippen MR) is 40.3 cm³/mol. The summed E-state index contributed by atoms with van der Waals surface area (Å²) in [5, 5.41) is 7.88. The van der Waals surface area contributed by atoms with Gasteiger partial charge in [-0.25, -0.2) is 0 Å². The Bertz CT molecular complexity index is 80.7. The molecule has 0 heterocycles. The third-order valence-corrected chi connectivity index (χ3v) is 0.879. The van der Waals surface area contributed by atoms with Gasteiger partial charge in [0.2, 0.25) is 0 Å². The number of allylic oxidation sites excluding steroid dienone is 4. The summed E-state index contributed by atoms with van der Waals surface area (Å²) in [6.45, 7) is 2.25. The fourth-order valence-electron chi connectivity index (χ4n) is 0.393. The fourth-order valence-corrected chi connectivity index (χ4v) is 0.393. The zero-order chi connectivity index (χ0) is 6.95. The van der Waals surface area contributed by atoms with Crippen LogP contribution in [0.1, 0.15) is 19.8 Å². The van der Waals surface area contributed by atoms with E-state index in [2.05, 4.69) is 24.3 Å². The second kappa shape index (κ2) is 7.44.